The molecule has 0 saturated heterocycles. The topological polar surface area (TPSA) is 0 Å². The second kappa shape index (κ2) is 3.99. The highest BCUT2D eigenvalue weighted by molar-refractivity contribution is 7.98. The van der Waals surface area contributed by atoms with E-state index in [1.54, 1.807) is 0 Å². The molecule has 12 heavy (non-hydrogen) atoms. The summed E-state index contributed by atoms with van der Waals surface area (Å²) in [4.78, 5) is 0. The molecule has 1 unspecified atom stereocenters. The van der Waals surface area contributed by atoms with Gasteiger partial charge in [-0.25, -0.2) is 0 Å². The first kappa shape index (κ1) is 9.66. The van der Waals surface area contributed by atoms with Crippen molar-refractivity contribution in [1.29, 1.82) is 0 Å². The highest BCUT2D eigenvalue weighted by atomic mass is 32.2. The van der Waals surface area contributed by atoms with E-state index in [4.69, 9.17) is 0 Å². The molecule has 0 fully saturated rings. The Hall–Kier alpha value is -0.430. The van der Waals surface area contributed by atoms with Gasteiger partial charge in [-0.15, -0.1) is 0 Å². The number of hydrogen-bond acceptors (Lipinski definition) is 1. The maximum absolute atomic E-state index is 2.29. The van der Waals surface area contributed by atoms with Crippen LogP contribution in [0, 0.1) is 13.8 Å². The SMILES string of the molecule is CSC(C)c1cc(C)ccc1C. The predicted octanol–water partition coefficient (Wildman–Crippen LogP) is 3.73. The van der Waals surface area contributed by atoms with Crippen molar-refractivity contribution in [3.05, 3.63) is 34.9 Å². The number of benzene rings is 1. The molecule has 0 saturated carbocycles. The van der Waals surface area contributed by atoms with Crippen molar-refractivity contribution in [3.8, 4) is 0 Å². The fourth-order valence-corrected chi connectivity index (χ4v) is 1.83. The van der Waals surface area contributed by atoms with E-state index >= 15 is 0 Å². The second-order valence-corrected chi connectivity index (χ2v) is 4.42. The normalized spacial score (nSPS) is 13.0. The molecule has 0 aliphatic rings. The summed E-state index contributed by atoms with van der Waals surface area (Å²) in [6.45, 7) is 6.59. The Bertz CT molecular complexity index is 266. The maximum atomic E-state index is 2.29. The molecule has 0 aliphatic heterocycles. The van der Waals surface area contributed by atoms with Gasteiger partial charge in [0.2, 0.25) is 0 Å². The van der Waals surface area contributed by atoms with E-state index in [1.807, 2.05) is 11.8 Å². The lowest BCUT2D eigenvalue weighted by Crippen LogP contribution is -1.92. The average molecular weight is 180 g/mol. The summed E-state index contributed by atoms with van der Waals surface area (Å²) in [6.07, 6.45) is 2.16. The van der Waals surface area contributed by atoms with E-state index in [0.29, 0.717) is 5.25 Å². The van der Waals surface area contributed by atoms with Crippen LogP contribution in [0.2, 0.25) is 0 Å². The van der Waals surface area contributed by atoms with Gasteiger partial charge in [0.15, 0.2) is 0 Å². The molecule has 0 heterocycles. The smallest absolute Gasteiger partial charge is 0.0268 e. The number of rotatable bonds is 2. The lowest BCUT2D eigenvalue weighted by atomic mass is 10.0. The molecule has 66 valence electrons. The fraction of sp³-hybridized carbons (Fsp3) is 0.455. The van der Waals surface area contributed by atoms with Crippen LogP contribution in [0.5, 0.6) is 0 Å². The van der Waals surface area contributed by atoms with E-state index in [1.165, 1.54) is 16.7 Å². The molecule has 0 amide bonds. The Balaban J connectivity index is 3.04. The molecule has 0 spiro atoms. The lowest BCUT2D eigenvalue weighted by Gasteiger charge is -2.12. The molecule has 0 radical (unpaired) electrons. The van der Waals surface area contributed by atoms with Crippen molar-refractivity contribution in [3.63, 3.8) is 0 Å². The van der Waals surface area contributed by atoms with E-state index in [9.17, 15) is 0 Å². The molecule has 0 N–H and O–H groups in total. The zero-order valence-electron chi connectivity index (χ0n) is 8.22. The largest absolute Gasteiger partial charge is 0.157 e. The molecule has 0 aliphatic carbocycles. The zero-order chi connectivity index (χ0) is 9.14. The lowest BCUT2D eigenvalue weighted by molar-refractivity contribution is 1.07. The van der Waals surface area contributed by atoms with E-state index < -0.39 is 0 Å². The molecule has 0 nitrogen and oxygen atoms in total. The minimum absolute atomic E-state index is 0.616. The van der Waals surface area contributed by atoms with Gasteiger partial charge in [0.1, 0.15) is 0 Å². The van der Waals surface area contributed by atoms with Crippen LogP contribution in [0.3, 0.4) is 0 Å². The summed E-state index contributed by atoms with van der Waals surface area (Å²) in [5.41, 5.74) is 4.24. The Morgan fingerprint density at radius 1 is 1.25 bits per heavy atom. The molecule has 0 bridgehead atoms. The van der Waals surface area contributed by atoms with Gasteiger partial charge in [-0.1, -0.05) is 23.8 Å². The first-order chi connectivity index (χ1) is 5.65. The van der Waals surface area contributed by atoms with Crippen molar-refractivity contribution < 1.29 is 0 Å². The molecular weight excluding hydrogens is 164 g/mol. The van der Waals surface area contributed by atoms with Gasteiger partial charge in [0, 0.05) is 5.25 Å². The highest BCUT2D eigenvalue weighted by Gasteiger charge is 2.05. The van der Waals surface area contributed by atoms with Crippen LogP contribution in [-0.4, -0.2) is 6.26 Å². The van der Waals surface area contributed by atoms with Gasteiger partial charge < -0.3 is 0 Å². The molecule has 1 atom stereocenters. The number of aryl methyl sites for hydroxylation is 2. The highest BCUT2D eigenvalue weighted by Crippen LogP contribution is 2.28. The van der Waals surface area contributed by atoms with Crippen LogP contribution < -0.4 is 0 Å². The Morgan fingerprint density at radius 3 is 2.50 bits per heavy atom. The summed E-state index contributed by atoms with van der Waals surface area (Å²) >= 11 is 1.90. The monoisotopic (exact) mass is 180 g/mol. The van der Waals surface area contributed by atoms with Gasteiger partial charge in [-0.3, -0.25) is 0 Å². The van der Waals surface area contributed by atoms with Crippen molar-refractivity contribution in [2.75, 3.05) is 6.26 Å². The minimum atomic E-state index is 0.616. The summed E-state index contributed by atoms with van der Waals surface area (Å²) in [6, 6.07) is 6.67. The number of hydrogen-bond donors (Lipinski definition) is 0. The first-order valence-corrected chi connectivity index (χ1v) is 5.54. The van der Waals surface area contributed by atoms with Crippen LogP contribution in [0.25, 0.3) is 0 Å². The van der Waals surface area contributed by atoms with Gasteiger partial charge >= 0.3 is 0 Å². The van der Waals surface area contributed by atoms with Crippen LogP contribution in [-0.2, 0) is 0 Å². The second-order valence-electron chi connectivity index (χ2n) is 3.24. The molecule has 1 rings (SSSR count). The standard InChI is InChI=1S/C11H16S/c1-8-5-6-9(2)11(7-8)10(3)12-4/h5-7,10H,1-4H3. The fourth-order valence-electron chi connectivity index (χ4n) is 1.32. The number of thioether (sulfide) groups is 1. The van der Waals surface area contributed by atoms with Crippen molar-refractivity contribution >= 4 is 11.8 Å². The van der Waals surface area contributed by atoms with Crippen LogP contribution in [0.4, 0.5) is 0 Å². The van der Waals surface area contributed by atoms with Crippen LogP contribution in [0.1, 0.15) is 28.9 Å². The molecule has 1 aromatic carbocycles. The van der Waals surface area contributed by atoms with Crippen molar-refractivity contribution in [1.82, 2.24) is 0 Å². The van der Waals surface area contributed by atoms with Crippen molar-refractivity contribution in [2.24, 2.45) is 0 Å². The summed E-state index contributed by atoms with van der Waals surface area (Å²) < 4.78 is 0. The molecule has 1 heteroatoms. The summed E-state index contributed by atoms with van der Waals surface area (Å²) in [5, 5.41) is 0.616. The van der Waals surface area contributed by atoms with Crippen LogP contribution in [0.15, 0.2) is 18.2 Å². The predicted molar refractivity (Wildman–Crippen MR) is 57.8 cm³/mol. The van der Waals surface area contributed by atoms with Crippen LogP contribution >= 0.6 is 11.8 Å². The quantitative estimate of drug-likeness (QED) is 0.668. The Kier molecular flexibility index (Phi) is 3.21. The maximum Gasteiger partial charge on any atom is 0.0268 e. The van der Waals surface area contributed by atoms with Gasteiger partial charge in [0.25, 0.3) is 0 Å². The summed E-state index contributed by atoms with van der Waals surface area (Å²) in [7, 11) is 0. The Labute approximate surface area is 79.4 Å². The van der Waals surface area contributed by atoms with Gasteiger partial charge in [-0.2, -0.15) is 11.8 Å². The van der Waals surface area contributed by atoms with Crippen molar-refractivity contribution in [2.45, 2.75) is 26.0 Å². The third kappa shape index (κ3) is 2.04. The van der Waals surface area contributed by atoms with E-state index in [-0.39, 0.29) is 0 Å². The zero-order valence-corrected chi connectivity index (χ0v) is 9.03. The van der Waals surface area contributed by atoms with E-state index in [2.05, 4.69) is 45.2 Å². The summed E-state index contributed by atoms with van der Waals surface area (Å²) in [5.74, 6) is 0. The third-order valence-corrected chi connectivity index (χ3v) is 3.19. The average Bonchev–Trinajstić information content (AvgIpc) is 2.08. The van der Waals surface area contributed by atoms with Gasteiger partial charge in [0.05, 0.1) is 0 Å². The minimum Gasteiger partial charge on any atom is -0.157 e. The molecule has 1 aromatic rings. The molecular formula is C11H16S. The van der Waals surface area contributed by atoms with Gasteiger partial charge in [-0.05, 0) is 38.2 Å². The third-order valence-electron chi connectivity index (χ3n) is 2.23. The first-order valence-electron chi connectivity index (χ1n) is 4.25. The Morgan fingerprint density at radius 2 is 1.92 bits per heavy atom. The van der Waals surface area contributed by atoms with E-state index in [0.717, 1.165) is 0 Å². The molecule has 0 aromatic heterocycles.